The molecule has 0 atom stereocenters. The molecule has 0 spiro atoms. The molecule has 0 unspecified atom stereocenters. The second-order valence-corrected chi connectivity index (χ2v) is 4.08. The number of aromatic nitrogens is 2. The second kappa shape index (κ2) is 3.04. The van der Waals surface area contributed by atoms with Crippen LogP contribution in [0.15, 0.2) is 30.3 Å². The van der Waals surface area contributed by atoms with Gasteiger partial charge in [0.15, 0.2) is 0 Å². The normalized spacial score (nSPS) is 11.4. The van der Waals surface area contributed by atoms with E-state index in [1.807, 2.05) is 30.4 Å². The number of benzene rings is 1. The lowest BCUT2D eigenvalue weighted by atomic mass is 10.2. The lowest BCUT2D eigenvalue weighted by molar-refractivity contribution is 0.629. The highest BCUT2D eigenvalue weighted by molar-refractivity contribution is 5.86. The van der Waals surface area contributed by atoms with Gasteiger partial charge in [0.1, 0.15) is 11.5 Å². The fraction of sp³-hybridized carbons (Fsp3) is 0.154. The quantitative estimate of drug-likeness (QED) is 0.561. The zero-order valence-corrected chi connectivity index (χ0v) is 9.16. The molecule has 0 aliphatic carbocycles. The molecule has 0 fully saturated rings. The fourth-order valence-corrected chi connectivity index (χ4v) is 2.19. The molecular weight excluding hydrogens is 203 g/mol. The average Bonchev–Trinajstić information content (AvgIpc) is 2.54. The molecule has 3 aromatic rings. The van der Waals surface area contributed by atoms with Crippen LogP contribution in [-0.2, 0) is 0 Å². The number of nitrogens with zero attached hydrogens (tertiary/aromatic N) is 2. The summed E-state index contributed by atoms with van der Waals surface area (Å²) in [5.74, 6) is -0.215. The van der Waals surface area contributed by atoms with Gasteiger partial charge in [-0.1, -0.05) is 0 Å². The van der Waals surface area contributed by atoms with E-state index in [9.17, 15) is 4.39 Å². The molecule has 0 amide bonds. The Labute approximate surface area is 92.3 Å². The van der Waals surface area contributed by atoms with E-state index >= 15 is 0 Å². The Morgan fingerprint density at radius 1 is 1.12 bits per heavy atom. The van der Waals surface area contributed by atoms with E-state index in [0.29, 0.717) is 0 Å². The van der Waals surface area contributed by atoms with Crippen LogP contribution in [0.25, 0.3) is 16.6 Å². The Morgan fingerprint density at radius 2 is 1.94 bits per heavy atom. The van der Waals surface area contributed by atoms with E-state index in [1.54, 1.807) is 12.1 Å². The molecule has 3 rings (SSSR count). The van der Waals surface area contributed by atoms with E-state index in [1.165, 1.54) is 6.07 Å². The maximum atomic E-state index is 13.2. The first-order chi connectivity index (χ1) is 7.65. The number of hydrogen-bond donors (Lipinski definition) is 0. The smallest absolute Gasteiger partial charge is 0.138 e. The molecule has 2 aromatic heterocycles. The maximum Gasteiger partial charge on any atom is 0.138 e. The SMILES string of the molecule is Cc1cc(C)n2c(cc3ccc(F)cc32)n1. The summed E-state index contributed by atoms with van der Waals surface area (Å²) in [6.07, 6.45) is 0. The van der Waals surface area contributed by atoms with Crippen LogP contribution < -0.4 is 0 Å². The van der Waals surface area contributed by atoms with E-state index in [0.717, 1.165) is 27.9 Å². The van der Waals surface area contributed by atoms with Gasteiger partial charge in [0.2, 0.25) is 0 Å². The highest BCUT2D eigenvalue weighted by atomic mass is 19.1. The van der Waals surface area contributed by atoms with E-state index < -0.39 is 0 Å². The molecule has 0 aliphatic rings. The highest BCUT2D eigenvalue weighted by Gasteiger charge is 2.07. The first kappa shape index (κ1) is 9.33. The van der Waals surface area contributed by atoms with Crippen LogP contribution in [0.2, 0.25) is 0 Å². The molecule has 1 aromatic carbocycles. The first-order valence-corrected chi connectivity index (χ1v) is 5.20. The van der Waals surface area contributed by atoms with Crippen molar-refractivity contribution in [2.75, 3.05) is 0 Å². The largest absolute Gasteiger partial charge is 0.298 e. The predicted octanol–water partition coefficient (Wildman–Crippen LogP) is 3.24. The van der Waals surface area contributed by atoms with Crippen LogP contribution in [0.1, 0.15) is 11.4 Å². The van der Waals surface area contributed by atoms with Gasteiger partial charge in [-0.25, -0.2) is 9.37 Å². The van der Waals surface area contributed by atoms with Gasteiger partial charge in [-0.3, -0.25) is 4.40 Å². The van der Waals surface area contributed by atoms with Crippen molar-refractivity contribution in [3.05, 3.63) is 47.5 Å². The van der Waals surface area contributed by atoms with Crippen LogP contribution >= 0.6 is 0 Å². The molecule has 2 nitrogen and oxygen atoms in total. The molecule has 16 heavy (non-hydrogen) atoms. The van der Waals surface area contributed by atoms with Gasteiger partial charge < -0.3 is 0 Å². The summed E-state index contributed by atoms with van der Waals surface area (Å²) < 4.78 is 15.2. The molecule has 0 bridgehead atoms. The van der Waals surface area contributed by atoms with Gasteiger partial charge in [0, 0.05) is 16.8 Å². The molecule has 0 saturated carbocycles. The Hall–Kier alpha value is -1.90. The third-order valence-electron chi connectivity index (χ3n) is 2.81. The zero-order valence-electron chi connectivity index (χ0n) is 9.16. The minimum Gasteiger partial charge on any atom is -0.298 e. The van der Waals surface area contributed by atoms with Crippen LogP contribution in [0.3, 0.4) is 0 Å². The summed E-state index contributed by atoms with van der Waals surface area (Å²) in [6.45, 7) is 3.97. The summed E-state index contributed by atoms with van der Waals surface area (Å²) in [5.41, 5.74) is 3.80. The summed E-state index contributed by atoms with van der Waals surface area (Å²) in [4.78, 5) is 4.44. The monoisotopic (exact) mass is 214 g/mol. The molecule has 2 heterocycles. The third kappa shape index (κ3) is 1.21. The van der Waals surface area contributed by atoms with E-state index in [-0.39, 0.29) is 5.82 Å². The molecule has 0 saturated heterocycles. The topological polar surface area (TPSA) is 17.3 Å². The number of halogens is 1. The predicted molar refractivity (Wildman–Crippen MR) is 62.1 cm³/mol. The lowest BCUT2D eigenvalue weighted by Crippen LogP contribution is -1.95. The van der Waals surface area contributed by atoms with Crippen LogP contribution in [0.4, 0.5) is 4.39 Å². The van der Waals surface area contributed by atoms with Gasteiger partial charge in [-0.2, -0.15) is 0 Å². The minimum atomic E-state index is -0.215. The van der Waals surface area contributed by atoms with Crippen molar-refractivity contribution in [3.8, 4) is 0 Å². The third-order valence-corrected chi connectivity index (χ3v) is 2.81. The number of rotatable bonds is 0. The summed E-state index contributed by atoms with van der Waals surface area (Å²) in [5, 5.41) is 1.02. The number of fused-ring (bicyclic) bond motifs is 3. The van der Waals surface area contributed by atoms with Crippen molar-refractivity contribution < 1.29 is 4.39 Å². The molecule has 0 N–H and O–H groups in total. The molecular formula is C13H11FN2. The van der Waals surface area contributed by atoms with Gasteiger partial charge in [0.25, 0.3) is 0 Å². The van der Waals surface area contributed by atoms with E-state index in [2.05, 4.69) is 4.98 Å². The maximum absolute atomic E-state index is 13.2. The number of aryl methyl sites for hydroxylation is 2. The van der Waals surface area contributed by atoms with Crippen molar-refractivity contribution in [3.63, 3.8) is 0 Å². The molecule has 0 aliphatic heterocycles. The zero-order chi connectivity index (χ0) is 11.3. The van der Waals surface area contributed by atoms with Crippen molar-refractivity contribution in [1.29, 1.82) is 0 Å². The lowest BCUT2D eigenvalue weighted by Gasteiger charge is -2.03. The first-order valence-electron chi connectivity index (χ1n) is 5.20. The standard InChI is InChI=1S/C13H11FN2/c1-8-5-9(2)16-12-7-11(14)4-3-10(12)6-13(16)15-8/h3-7H,1-2H3. The number of hydrogen-bond acceptors (Lipinski definition) is 1. The van der Waals surface area contributed by atoms with Crippen molar-refractivity contribution in [1.82, 2.24) is 9.38 Å². The highest BCUT2D eigenvalue weighted by Crippen LogP contribution is 2.22. The summed E-state index contributed by atoms with van der Waals surface area (Å²) in [7, 11) is 0. The van der Waals surface area contributed by atoms with Gasteiger partial charge in [-0.15, -0.1) is 0 Å². The van der Waals surface area contributed by atoms with Gasteiger partial charge >= 0.3 is 0 Å². The van der Waals surface area contributed by atoms with Crippen LogP contribution in [0, 0.1) is 19.7 Å². The second-order valence-electron chi connectivity index (χ2n) is 4.08. The molecule has 80 valence electrons. The minimum absolute atomic E-state index is 0.215. The summed E-state index contributed by atoms with van der Waals surface area (Å²) >= 11 is 0. The van der Waals surface area contributed by atoms with Crippen molar-refractivity contribution in [2.45, 2.75) is 13.8 Å². The Morgan fingerprint density at radius 3 is 2.75 bits per heavy atom. The Balaban J connectivity index is 2.57. The van der Waals surface area contributed by atoms with Crippen LogP contribution in [0.5, 0.6) is 0 Å². The van der Waals surface area contributed by atoms with E-state index in [4.69, 9.17) is 0 Å². The van der Waals surface area contributed by atoms with Crippen LogP contribution in [-0.4, -0.2) is 9.38 Å². The van der Waals surface area contributed by atoms with Gasteiger partial charge in [-0.05, 0) is 44.2 Å². The summed E-state index contributed by atoms with van der Waals surface area (Å²) in [6, 6.07) is 8.79. The molecule has 0 radical (unpaired) electrons. The Kier molecular flexibility index (Phi) is 1.78. The van der Waals surface area contributed by atoms with Crippen molar-refractivity contribution >= 4 is 16.6 Å². The van der Waals surface area contributed by atoms with Crippen molar-refractivity contribution in [2.24, 2.45) is 0 Å². The molecule has 3 heteroatoms. The average molecular weight is 214 g/mol. The fourth-order valence-electron chi connectivity index (χ4n) is 2.19. The van der Waals surface area contributed by atoms with Gasteiger partial charge in [0.05, 0.1) is 5.52 Å². The Bertz CT molecular complexity index is 698.